The predicted molar refractivity (Wildman–Crippen MR) is 302 cm³/mol. The summed E-state index contributed by atoms with van der Waals surface area (Å²) < 4.78 is 0. The Morgan fingerprint density at radius 2 is 0.526 bits per heavy atom. The number of benzene rings is 6. The summed E-state index contributed by atoms with van der Waals surface area (Å²) in [5, 5.41) is 31.4. The highest BCUT2D eigenvalue weighted by Crippen LogP contribution is 2.39. The largest absolute Gasteiger partial charge is 0.507 e. The summed E-state index contributed by atoms with van der Waals surface area (Å²) in [5.41, 5.74) is 4.65. The zero-order valence-corrected chi connectivity index (χ0v) is 46.9. The van der Waals surface area contributed by atoms with Gasteiger partial charge in [0.05, 0.1) is 0 Å². The molecule has 0 unspecified atom stereocenters. The van der Waals surface area contributed by atoms with Crippen LogP contribution in [0.2, 0.25) is 0 Å². The fraction of sp³-hybridized carbons (Fsp3) is 0.286. The molecule has 408 valence electrons. The van der Waals surface area contributed by atoms with E-state index in [0.717, 1.165) is 16.7 Å². The quantitative estimate of drug-likeness (QED) is 0.0583. The van der Waals surface area contributed by atoms with Gasteiger partial charge in [-0.3, -0.25) is 43.7 Å². The van der Waals surface area contributed by atoms with Crippen LogP contribution in [0.1, 0.15) is 175 Å². The van der Waals surface area contributed by atoms with Crippen LogP contribution in [0, 0.1) is 41.5 Å². The van der Waals surface area contributed by atoms with Crippen LogP contribution in [0.15, 0.2) is 124 Å². The van der Waals surface area contributed by atoms with Crippen molar-refractivity contribution < 1.29 is 44.1 Å². The van der Waals surface area contributed by atoms with Gasteiger partial charge >= 0.3 is 17.1 Å². The van der Waals surface area contributed by atoms with Crippen molar-refractivity contribution in [1.29, 1.82) is 0 Å². The van der Waals surface area contributed by atoms with Crippen LogP contribution in [-0.4, -0.2) is 65.0 Å². The summed E-state index contributed by atoms with van der Waals surface area (Å²) in [6, 6.07) is 30.8. The lowest BCUT2D eigenvalue weighted by atomic mass is 9.81. The zero-order valence-electron chi connectivity index (χ0n) is 46.9. The van der Waals surface area contributed by atoms with Crippen LogP contribution in [0.5, 0.6) is 17.2 Å². The summed E-state index contributed by atoms with van der Waals surface area (Å²) in [6.45, 7) is 28.4. The van der Waals surface area contributed by atoms with Crippen LogP contribution in [0.4, 0.5) is 0 Å². The second kappa shape index (κ2) is 24.9. The normalized spacial score (nSPS) is 11.1. The Morgan fingerprint density at radius 3 is 0.705 bits per heavy atom. The van der Waals surface area contributed by atoms with Crippen LogP contribution in [-0.2, 0) is 16.2 Å². The van der Waals surface area contributed by atoms with Crippen molar-refractivity contribution in [1.82, 2.24) is 15.0 Å². The SMILES string of the molecule is Cc1cc(C(C)(C)C)c(O)c(C)c1C(=O)C(=O)c1ccccc1.Cc1cc(C(C)(C)C)c(O)c(C)c1C(=O)C(=O)c1ccccc1.Cc1cc(C(C)(C)C)c(O)c(C)c1C(=O)C(=O)c1ccccc1.O=c1[nH]c(=O)[nH]c(=O)[nH]1. The highest BCUT2D eigenvalue weighted by Gasteiger charge is 2.31. The van der Waals surface area contributed by atoms with E-state index in [9.17, 15) is 58.5 Å². The number of ketones is 6. The number of aryl methyl sites for hydroxylation is 3. The van der Waals surface area contributed by atoms with E-state index >= 15 is 0 Å². The van der Waals surface area contributed by atoms with Crippen molar-refractivity contribution in [3.8, 4) is 17.2 Å². The molecule has 15 nitrogen and oxygen atoms in total. The molecule has 0 amide bonds. The molecule has 1 heterocycles. The van der Waals surface area contributed by atoms with Crippen molar-refractivity contribution in [2.75, 3.05) is 0 Å². The van der Waals surface area contributed by atoms with Gasteiger partial charge in [-0.1, -0.05) is 172 Å². The summed E-state index contributed by atoms with van der Waals surface area (Å²) in [5.74, 6) is -3.14. The van der Waals surface area contributed by atoms with Crippen molar-refractivity contribution >= 4 is 34.7 Å². The minimum absolute atomic E-state index is 0.0901. The lowest BCUT2D eigenvalue weighted by Gasteiger charge is -2.24. The van der Waals surface area contributed by atoms with Crippen molar-refractivity contribution in [2.24, 2.45) is 0 Å². The number of aromatic nitrogens is 3. The maximum Gasteiger partial charge on any atom is 0.330 e. The van der Waals surface area contributed by atoms with E-state index in [4.69, 9.17) is 0 Å². The molecule has 0 saturated heterocycles. The minimum atomic E-state index is -0.802. The number of phenols is 3. The standard InChI is InChI=1S/3C20H22O3.C3H3N3O3/c3*1-12-11-15(20(3,4)5)17(21)13(2)16(12)19(23)18(22)14-9-7-6-8-10-14;7-1-4-2(8)6-3(9)5-1/h3*6-11,21H,1-5H3;(H3,4,5,6,7,8,9). The van der Waals surface area contributed by atoms with Gasteiger partial charge in [-0.15, -0.1) is 0 Å². The Hall–Kier alpha value is -8.85. The molecule has 6 N–H and O–H groups in total. The molecule has 0 aliphatic heterocycles. The van der Waals surface area contributed by atoms with Gasteiger partial charge in [0, 0.05) is 50.1 Å². The molecule has 0 atom stereocenters. The first-order chi connectivity index (χ1) is 36.1. The number of hydrogen-bond donors (Lipinski definition) is 6. The van der Waals surface area contributed by atoms with Crippen LogP contribution in [0.25, 0.3) is 0 Å². The first kappa shape index (κ1) is 61.7. The fourth-order valence-corrected chi connectivity index (χ4v) is 8.59. The first-order valence-corrected chi connectivity index (χ1v) is 25.0. The van der Waals surface area contributed by atoms with Crippen molar-refractivity contribution in [2.45, 2.75) is 120 Å². The maximum atomic E-state index is 12.6. The van der Waals surface area contributed by atoms with Crippen LogP contribution in [0.3, 0.4) is 0 Å². The second-order valence-corrected chi connectivity index (χ2v) is 22.0. The number of H-pyrrole nitrogens is 3. The Bertz CT molecular complexity index is 3200. The highest BCUT2D eigenvalue weighted by molar-refractivity contribution is 6.51. The van der Waals surface area contributed by atoms with Gasteiger partial charge in [0.15, 0.2) is 0 Å². The van der Waals surface area contributed by atoms with Gasteiger partial charge in [-0.2, -0.15) is 0 Å². The van der Waals surface area contributed by atoms with Gasteiger partial charge < -0.3 is 15.3 Å². The highest BCUT2D eigenvalue weighted by atomic mass is 16.3. The lowest BCUT2D eigenvalue weighted by molar-refractivity contribution is 0.0816. The summed E-state index contributed by atoms with van der Waals surface area (Å²) in [7, 11) is 0. The molecule has 0 aliphatic rings. The van der Waals surface area contributed by atoms with Crippen LogP contribution < -0.4 is 17.1 Å². The summed E-state index contributed by atoms with van der Waals surface area (Å²) in [6.07, 6.45) is 0. The van der Waals surface area contributed by atoms with E-state index in [0.29, 0.717) is 66.8 Å². The lowest BCUT2D eigenvalue weighted by Crippen LogP contribution is -2.34. The topological polar surface area (TPSA) is 262 Å². The Morgan fingerprint density at radius 1 is 0.333 bits per heavy atom. The third kappa shape index (κ3) is 14.7. The monoisotopic (exact) mass is 1060 g/mol. The van der Waals surface area contributed by atoms with Gasteiger partial charge in [0.25, 0.3) is 0 Å². The molecule has 0 aliphatic carbocycles. The molecule has 7 aromatic rings. The maximum absolute atomic E-state index is 12.6. The summed E-state index contributed by atoms with van der Waals surface area (Å²) in [4.78, 5) is 111. The minimum Gasteiger partial charge on any atom is -0.507 e. The molecule has 0 saturated carbocycles. The average molecular weight is 1060 g/mol. The predicted octanol–water partition coefficient (Wildman–Crippen LogP) is 10.9. The Labute approximate surface area is 453 Å². The Balaban J connectivity index is 0.000000233. The zero-order chi connectivity index (χ0) is 58.9. The molecule has 0 bridgehead atoms. The van der Waals surface area contributed by atoms with Crippen LogP contribution >= 0.6 is 0 Å². The molecule has 6 aromatic carbocycles. The fourth-order valence-electron chi connectivity index (χ4n) is 8.59. The second-order valence-electron chi connectivity index (χ2n) is 22.0. The molecule has 0 radical (unpaired) electrons. The smallest absolute Gasteiger partial charge is 0.330 e. The number of Topliss-reactive ketones (excluding diaryl/α,β-unsaturated/α-hetero) is 6. The number of carbonyl (C=O) groups excluding carboxylic acids is 6. The van der Waals surface area contributed by atoms with E-state index in [1.54, 1.807) is 166 Å². The molecule has 0 spiro atoms. The van der Waals surface area contributed by atoms with Gasteiger partial charge in [0.1, 0.15) is 17.2 Å². The van der Waals surface area contributed by atoms with E-state index in [1.807, 2.05) is 62.3 Å². The third-order valence-electron chi connectivity index (χ3n) is 12.7. The third-order valence-corrected chi connectivity index (χ3v) is 12.7. The molecule has 78 heavy (non-hydrogen) atoms. The summed E-state index contributed by atoms with van der Waals surface area (Å²) >= 11 is 0. The average Bonchev–Trinajstić information content (AvgIpc) is 3.38. The molecule has 0 fully saturated rings. The van der Waals surface area contributed by atoms with Gasteiger partial charge in [-0.25, -0.2) is 14.4 Å². The van der Waals surface area contributed by atoms with Crippen molar-refractivity contribution in [3.63, 3.8) is 0 Å². The van der Waals surface area contributed by atoms with E-state index in [2.05, 4.69) is 0 Å². The van der Waals surface area contributed by atoms with E-state index < -0.39 is 51.8 Å². The molecule has 1 aromatic heterocycles. The number of carbonyl (C=O) groups is 6. The molecular formula is C63H69N3O12. The first-order valence-electron chi connectivity index (χ1n) is 25.0. The molecule has 7 rings (SSSR count). The molecular weight excluding hydrogens is 991 g/mol. The number of phenolic OH excluding ortho intramolecular Hbond substituents is 3. The number of rotatable bonds is 9. The number of aromatic amines is 3. The van der Waals surface area contributed by atoms with E-state index in [1.165, 1.54) is 0 Å². The number of hydrogen-bond acceptors (Lipinski definition) is 12. The molecule has 15 heteroatoms. The van der Waals surface area contributed by atoms with Crippen molar-refractivity contribution in [3.05, 3.63) is 224 Å². The number of nitrogens with one attached hydrogen (secondary N) is 3. The van der Waals surface area contributed by atoms with Gasteiger partial charge in [-0.05, 0) is 91.2 Å². The van der Waals surface area contributed by atoms with Gasteiger partial charge in [0.2, 0.25) is 34.7 Å². The number of aromatic hydroxyl groups is 3. The Kier molecular flexibility index (Phi) is 19.7. The van der Waals surface area contributed by atoms with E-state index in [-0.39, 0.29) is 33.5 Å².